The first-order chi connectivity index (χ1) is 9.70. The van der Waals surface area contributed by atoms with Gasteiger partial charge in [-0.1, -0.05) is 0 Å². The molecule has 0 fully saturated rings. The molecule has 0 unspecified atom stereocenters. The zero-order valence-electron chi connectivity index (χ0n) is 10.9. The number of aryl methyl sites for hydroxylation is 1. The number of hydrogen-bond acceptors (Lipinski definition) is 5. The molecule has 8 heteroatoms. The number of rotatable bonds is 2. The number of aromatic amines is 1. The van der Waals surface area contributed by atoms with Crippen molar-refractivity contribution in [2.75, 3.05) is 12.4 Å². The molecule has 0 saturated carbocycles. The van der Waals surface area contributed by atoms with Crippen LogP contribution in [0.1, 0.15) is 21.6 Å². The average molecular weight is 293 g/mol. The zero-order chi connectivity index (χ0) is 14.7. The normalized spacial score (nSPS) is 11.7. The van der Waals surface area contributed by atoms with Gasteiger partial charge in [0.15, 0.2) is 6.29 Å². The molecule has 2 aromatic rings. The van der Waals surface area contributed by atoms with Crippen molar-refractivity contribution < 1.29 is 9.59 Å². The summed E-state index contributed by atoms with van der Waals surface area (Å²) in [6.07, 6.45) is 4.09. The molecule has 2 heterocycles. The van der Waals surface area contributed by atoms with Crippen LogP contribution in [0.3, 0.4) is 0 Å². The van der Waals surface area contributed by atoms with E-state index in [9.17, 15) is 9.59 Å². The van der Waals surface area contributed by atoms with Crippen molar-refractivity contribution in [2.24, 2.45) is 11.5 Å². The third kappa shape index (κ3) is 2.30. The number of carbonyl (C=O) groups is 2. The second-order valence-corrected chi connectivity index (χ2v) is 5.04. The van der Waals surface area contributed by atoms with Gasteiger partial charge in [0.25, 0.3) is 0 Å². The smallest absolute Gasteiger partial charge is 0.317 e. The lowest BCUT2D eigenvalue weighted by Crippen LogP contribution is -2.19. The van der Waals surface area contributed by atoms with E-state index in [4.69, 9.17) is 5.73 Å². The van der Waals surface area contributed by atoms with E-state index in [2.05, 4.69) is 21.2 Å². The summed E-state index contributed by atoms with van der Waals surface area (Å²) in [5, 5.41) is 9.96. The van der Waals surface area contributed by atoms with Crippen LogP contribution in [0.4, 0.5) is 9.80 Å². The molecule has 0 radical (unpaired) electrons. The minimum Gasteiger partial charge on any atom is -0.351 e. The summed E-state index contributed by atoms with van der Waals surface area (Å²) in [5.74, 6) is 0. The molecule has 0 aromatic carbocycles. The predicted octanol–water partition coefficient (Wildman–Crippen LogP) is 1.11. The van der Waals surface area contributed by atoms with E-state index in [0.717, 1.165) is 40.8 Å². The molecule has 3 rings (SSSR count). The van der Waals surface area contributed by atoms with Crippen LogP contribution in [0.25, 0.3) is 10.4 Å². The summed E-state index contributed by atoms with van der Waals surface area (Å²) in [5.41, 5.74) is 13.2. The highest BCUT2D eigenvalue weighted by Crippen LogP contribution is 2.43. The van der Waals surface area contributed by atoms with E-state index < -0.39 is 6.03 Å². The summed E-state index contributed by atoms with van der Waals surface area (Å²) < 4.78 is 0. The van der Waals surface area contributed by atoms with Crippen LogP contribution in [0.15, 0.2) is 6.20 Å². The molecule has 1 aliphatic carbocycles. The van der Waals surface area contributed by atoms with Crippen molar-refractivity contribution in [2.45, 2.75) is 12.8 Å². The van der Waals surface area contributed by atoms with E-state index in [1.807, 2.05) is 0 Å². The second kappa shape index (κ2) is 5.85. The van der Waals surface area contributed by atoms with Gasteiger partial charge < -0.3 is 11.5 Å². The number of nitrogens with two attached hydrogens (primary N) is 2. The highest BCUT2D eigenvalue weighted by atomic mass is 32.1. The van der Waals surface area contributed by atoms with Gasteiger partial charge in [0.05, 0.1) is 11.8 Å². The Morgan fingerprint density at radius 2 is 2.25 bits per heavy atom. The molecular formula is C12H15N5O2S. The number of hydrogen-bond donors (Lipinski definition) is 4. The molecule has 0 atom stereocenters. The average Bonchev–Trinajstić information content (AvgIpc) is 3.02. The predicted molar refractivity (Wildman–Crippen MR) is 78.0 cm³/mol. The van der Waals surface area contributed by atoms with E-state index >= 15 is 0 Å². The third-order valence-corrected chi connectivity index (χ3v) is 4.19. The van der Waals surface area contributed by atoms with Gasteiger partial charge in [-0.15, -0.1) is 11.3 Å². The number of anilines is 1. The third-order valence-electron chi connectivity index (χ3n) is 2.99. The highest BCUT2D eigenvalue weighted by Gasteiger charge is 2.25. The van der Waals surface area contributed by atoms with E-state index in [0.29, 0.717) is 10.6 Å². The summed E-state index contributed by atoms with van der Waals surface area (Å²) in [6.45, 7) is 0. The molecule has 0 spiro atoms. The van der Waals surface area contributed by atoms with Crippen LogP contribution >= 0.6 is 11.3 Å². The van der Waals surface area contributed by atoms with Gasteiger partial charge in [0, 0.05) is 16.1 Å². The Hall–Kier alpha value is -2.19. The molecular weight excluding hydrogens is 278 g/mol. The Bertz CT molecular complexity index is 646. The van der Waals surface area contributed by atoms with Gasteiger partial charge >= 0.3 is 6.03 Å². The van der Waals surface area contributed by atoms with Crippen molar-refractivity contribution in [3.63, 3.8) is 0 Å². The molecule has 6 N–H and O–H groups in total. The Labute approximate surface area is 119 Å². The number of thiophene rings is 1. The quantitative estimate of drug-likeness (QED) is 0.618. The number of aldehydes is 1. The number of nitrogens with one attached hydrogen (secondary N) is 2. The molecule has 0 aliphatic heterocycles. The monoisotopic (exact) mass is 293 g/mol. The minimum atomic E-state index is -0.663. The molecule has 7 nitrogen and oxygen atoms in total. The molecule has 0 bridgehead atoms. The van der Waals surface area contributed by atoms with Crippen LogP contribution in [0, 0.1) is 0 Å². The first kappa shape index (κ1) is 14.2. The number of amides is 2. The van der Waals surface area contributed by atoms with Crippen molar-refractivity contribution in [1.29, 1.82) is 0 Å². The van der Waals surface area contributed by atoms with Gasteiger partial charge in [-0.25, -0.2) is 4.79 Å². The van der Waals surface area contributed by atoms with Crippen LogP contribution in [0.5, 0.6) is 0 Å². The number of fused-ring (bicyclic) bond motifs is 3. The van der Waals surface area contributed by atoms with Crippen molar-refractivity contribution in [3.8, 4) is 10.4 Å². The lowest BCUT2D eigenvalue weighted by molar-refractivity contribution is 0.112. The number of urea groups is 1. The minimum absolute atomic E-state index is 0.511. The van der Waals surface area contributed by atoms with E-state index in [-0.39, 0.29) is 0 Å². The Kier molecular flexibility index (Phi) is 4.16. The maximum atomic E-state index is 11.2. The lowest BCUT2D eigenvalue weighted by Gasteiger charge is -2.10. The molecule has 2 aromatic heterocycles. The van der Waals surface area contributed by atoms with Crippen LogP contribution in [-0.2, 0) is 12.8 Å². The zero-order valence-corrected chi connectivity index (χ0v) is 11.7. The van der Waals surface area contributed by atoms with Gasteiger partial charge in [-0.2, -0.15) is 5.10 Å². The van der Waals surface area contributed by atoms with Gasteiger partial charge in [-0.3, -0.25) is 15.2 Å². The summed E-state index contributed by atoms with van der Waals surface area (Å²) in [6, 6.07) is -0.663. The van der Waals surface area contributed by atoms with Gasteiger partial charge in [0.1, 0.15) is 5.00 Å². The standard InChI is InChI=1S/C11H10N4O2S.CH5N/c12-11(17)14-10-7(4-16)5-1-2-8-6(3-13-15-8)9(5)18-10;1-2/h3-4H,1-2H2,(H,13,15)(H3,12,14,17);2H2,1H3. The summed E-state index contributed by atoms with van der Waals surface area (Å²) in [7, 11) is 1.50. The Balaban J connectivity index is 0.000000704. The summed E-state index contributed by atoms with van der Waals surface area (Å²) >= 11 is 1.36. The SMILES string of the molecule is CN.NC(=O)Nc1sc2c(c1C=O)CCc1[nH]ncc1-2. The maximum absolute atomic E-state index is 11.2. The lowest BCUT2D eigenvalue weighted by atomic mass is 9.94. The van der Waals surface area contributed by atoms with Crippen LogP contribution in [0.2, 0.25) is 0 Å². The van der Waals surface area contributed by atoms with Crippen LogP contribution < -0.4 is 16.8 Å². The van der Waals surface area contributed by atoms with Crippen molar-refractivity contribution in [3.05, 3.63) is 23.0 Å². The number of aromatic nitrogens is 2. The van der Waals surface area contributed by atoms with Crippen molar-refractivity contribution in [1.82, 2.24) is 10.2 Å². The van der Waals surface area contributed by atoms with Crippen molar-refractivity contribution >= 4 is 28.7 Å². The van der Waals surface area contributed by atoms with Gasteiger partial charge in [-0.05, 0) is 25.5 Å². The second-order valence-electron chi connectivity index (χ2n) is 4.02. The Morgan fingerprint density at radius 3 is 2.90 bits per heavy atom. The highest BCUT2D eigenvalue weighted by molar-refractivity contribution is 7.20. The topological polar surface area (TPSA) is 127 Å². The van der Waals surface area contributed by atoms with Crippen LogP contribution in [-0.4, -0.2) is 29.6 Å². The first-order valence-electron chi connectivity index (χ1n) is 5.98. The summed E-state index contributed by atoms with van der Waals surface area (Å²) in [4.78, 5) is 23.1. The number of primary amides is 1. The number of H-pyrrole nitrogens is 1. The molecule has 106 valence electrons. The Morgan fingerprint density at radius 1 is 1.50 bits per heavy atom. The maximum Gasteiger partial charge on any atom is 0.317 e. The molecule has 2 amide bonds. The molecule has 1 aliphatic rings. The molecule has 20 heavy (non-hydrogen) atoms. The first-order valence-corrected chi connectivity index (χ1v) is 6.80. The fraction of sp³-hybridized carbons (Fsp3) is 0.250. The van der Waals surface area contributed by atoms with Gasteiger partial charge in [0.2, 0.25) is 0 Å². The number of nitrogens with zero attached hydrogens (tertiary/aromatic N) is 1. The fourth-order valence-electron chi connectivity index (χ4n) is 2.22. The largest absolute Gasteiger partial charge is 0.351 e. The van der Waals surface area contributed by atoms with E-state index in [1.165, 1.54) is 18.4 Å². The molecule has 0 saturated heterocycles. The number of carbonyl (C=O) groups excluding carboxylic acids is 2. The fourth-order valence-corrected chi connectivity index (χ4v) is 3.48. The van der Waals surface area contributed by atoms with E-state index in [1.54, 1.807) is 6.20 Å².